The number of rotatable bonds is 3. The summed E-state index contributed by atoms with van der Waals surface area (Å²) in [6, 6.07) is 18.7. The zero-order chi connectivity index (χ0) is 19.3. The Hall–Kier alpha value is -3.54. The molecule has 0 aromatic heterocycles. The van der Waals surface area contributed by atoms with E-state index in [1.807, 2.05) is 42.5 Å². The molecular weight excluding hydrogens is 356 g/mol. The second-order valence-electron chi connectivity index (χ2n) is 7.15. The molecular formula is C22H18N2O4. The van der Waals surface area contributed by atoms with Gasteiger partial charge in [0.15, 0.2) is 11.5 Å². The molecule has 2 aliphatic rings. The van der Waals surface area contributed by atoms with Gasteiger partial charge in [-0.1, -0.05) is 48.5 Å². The maximum Gasteiger partial charge on any atom is 0.325 e. The van der Waals surface area contributed by atoms with Crippen molar-refractivity contribution >= 4 is 22.7 Å². The van der Waals surface area contributed by atoms with Crippen LogP contribution in [-0.2, 0) is 16.9 Å². The molecule has 3 aromatic rings. The van der Waals surface area contributed by atoms with Crippen LogP contribution in [0, 0.1) is 0 Å². The smallest absolute Gasteiger partial charge is 0.325 e. The molecule has 28 heavy (non-hydrogen) atoms. The van der Waals surface area contributed by atoms with Crippen LogP contribution in [0.4, 0.5) is 4.79 Å². The number of urea groups is 1. The molecule has 0 radical (unpaired) electrons. The number of ether oxygens (including phenoxy) is 2. The highest BCUT2D eigenvalue weighted by molar-refractivity contribution is 6.07. The Kier molecular flexibility index (Phi) is 3.55. The average Bonchev–Trinajstić information content (AvgIpc) is 3.26. The fourth-order valence-electron chi connectivity index (χ4n) is 3.84. The number of imide groups is 1. The van der Waals surface area contributed by atoms with Gasteiger partial charge in [-0.05, 0) is 41.0 Å². The van der Waals surface area contributed by atoms with Crippen molar-refractivity contribution < 1.29 is 19.1 Å². The summed E-state index contributed by atoms with van der Waals surface area (Å²) in [6.07, 6.45) is 0. The third-order valence-corrected chi connectivity index (χ3v) is 5.43. The molecule has 6 nitrogen and oxygen atoms in total. The van der Waals surface area contributed by atoms with Crippen molar-refractivity contribution in [2.45, 2.75) is 19.0 Å². The van der Waals surface area contributed by atoms with Gasteiger partial charge >= 0.3 is 6.03 Å². The Morgan fingerprint density at radius 1 is 1.00 bits per heavy atom. The highest BCUT2D eigenvalue weighted by Crippen LogP contribution is 2.38. The van der Waals surface area contributed by atoms with E-state index < -0.39 is 11.6 Å². The number of amides is 3. The normalized spacial score (nSPS) is 20.7. The molecule has 1 saturated heterocycles. The lowest BCUT2D eigenvalue weighted by molar-refractivity contribution is -0.131. The molecule has 1 atom stereocenters. The number of carbonyl (C=O) groups is 2. The van der Waals surface area contributed by atoms with Crippen LogP contribution in [0.2, 0.25) is 0 Å². The lowest BCUT2D eigenvalue weighted by atomic mass is 9.91. The molecule has 0 saturated carbocycles. The fourth-order valence-corrected chi connectivity index (χ4v) is 3.84. The van der Waals surface area contributed by atoms with E-state index in [9.17, 15) is 9.59 Å². The molecule has 0 spiro atoms. The van der Waals surface area contributed by atoms with Crippen molar-refractivity contribution in [3.05, 3.63) is 71.8 Å². The van der Waals surface area contributed by atoms with E-state index in [1.165, 1.54) is 4.90 Å². The first kappa shape index (κ1) is 16.6. The lowest BCUT2D eigenvalue weighted by Gasteiger charge is -2.22. The van der Waals surface area contributed by atoms with Gasteiger partial charge in [-0.3, -0.25) is 9.69 Å². The summed E-state index contributed by atoms with van der Waals surface area (Å²) in [6.45, 7) is 2.09. The van der Waals surface area contributed by atoms with E-state index in [1.54, 1.807) is 25.1 Å². The van der Waals surface area contributed by atoms with Gasteiger partial charge in [-0.2, -0.15) is 0 Å². The second-order valence-corrected chi connectivity index (χ2v) is 7.15. The largest absolute Gasteiger partial charge is 0.454 e. The summed E-state index contributed by atoms with van der Waals surface area (Å²) in [5.74, 6) is 0.925. The molecule has 0 unspecified atom stereocenters. The highest BCUT2D eigenvalue weighted by Gasteiger charge is 2.49. The standard InChI is InChI=1S/C22H18N2O4/c1-22(16-9-10-18-19(11-16)28-13-27-18)20(25)24(21(26)23-22)12-15-7-4-6-14-5-2-3-8-17(14)15/h2-11H,12-13H2,1H3,(H,23,26)/t22-/m1/s1. The number of benzene rings is 3. The van der Waals surface area contributed by atoms with E-state index >= 15 is 0 Å². The third-order valence-electron chi connectivity index (χ3n) is 5.43. The Bertz CT molecular complexity index is 1120. The summed E-state index contributed by atoms with van der Waals surface area (Å²) < 4.78 is 10.7. The number of carbonyl (C=O) groups excluding carboxylic acids is 2. The summed E-state index contributed by atoms with van der Waals surface area (Å²) in [4.78, 5) is 27.2. The van der Waals surface area contributed by atoms with Gasteiger partial charge < -0.3 is 14.8 Å². The number of nitrogens with one attached hydrogen (secondary N) is 1. The Morgan fingerprint density at radius 2 is 1.79 bits per heavy atom. The first-order valence-electron chi connectivity index (χ1n) is 9.07. The minimum Gasteiger partial charge on any atom is -0.454 e. The van der Waals surface area contributed by atoms with Gasteiger partial charge in [0.2, 0.25) is 6.79 Å². The van der Waals surface area contributed by atoms with E-state index in [2.05, 4.69) is 5.32 Å². The predicted molar refractivity (Wildman–Crippen MR) is 103 cm³/mol. The lowest BCUT2D eigenvalue weighted by Crippen LogP contribution is -2.40. The van der Waals surface area contributed by atoms with Crippen molar-refractivity contribution in [2.75, 3.05) is 6.79 Å². The van der Waals surface area contributed by atoms with Gasteiger partial charge in [-0.15, -0.1) is 0 Å². The zero-order valence-electron chi connectivity index (χ0n) is 15.3. The fraction of sp³-hybridized carbons (Fsp3) is 0.182. The van der Waals surface area contributed by atoms with E-state index in [0.29, 0.717) is 17.1 Å². The summed E-state index contributed by atoms with van der Waals surface area (Å²) in [7, 11) is 0. The highest BCUT2D eigenvalue weighted by atomic mass is 16.7. The van der Waals surface area contributed by atoms with Gasteiger partial charge in [0.25, 0.3) is 5.91 Å². The molecule has 0 aliphatic carbocycles. The maximum atomic E-state index is 13.2. The van der Waals surface area contributed by atoms with Crippen molar-refractivity contribution in [2.24, 2.45) is 0 Å². The van der Waals surface area contributed by atoms with Crippen LogP contribution in [0.3, 0.4) is 0 Å². The number of hydrogen-bond donors (Lipinski definition) is 1. The molecule has 1 fully saturated rings. The summed E-state index contributed by atoms with van der Waals surface area (Å²) >= 11 is 0. The minimum atomic E-state index is -1.15. The number of nitrogens with zero attached hydrogens (tertiary/aromatic N) is 1. The van der Waals surface area contributed by atoms with Crippen LogP contribution in [0.1, 0.15) is 18.1 Å². The molecule has 3 amide bonds. The van der Waals surface area contributed by atoms with Crippen molar-refractivity contribution in [1.82, 2.24) is 10.2 Å². The Labute approximate surface area is 161 Å². The van der Waals surface area contributed by atoms with Crippen LogP contribution >= 0.6 is 0 Å². The van der Waals surface area contributed by atoms with Crippen LogP contribution in [0.25, 0.3) is 10.8 Å². The Morgan fingerprint density at radius 3 is 2.68 bits per heavy atom. The first-order chi connectivity index (χ1) is 13.6. The SMILES string of the molecule is C[C@]1(c2ccc3c(c2)OCO3)NC(=O)N(Cc2cccc3ccccc23)C1=O. The third kappa shape index (κ3) is 2.41. The van der Waals surface area contributed by atoms with E-state index in [4.69, 9.17) is 9.47 Å². The molecule has 140 valence electrons. The molecule has 0 bridgehead atoms. The molecule has 6 heteroatoms. The molecule has 5 rings (SSSR count). The topological polar surface area (TPSA) is 67.9 Å². The van der Waals surface area contributed by atoms with Crippen molar-refractivity contribution in [3.8, 4) is 11.5 Å². The molecule has 1 N–H and O–H groups in total. The molecule has 3 aromatic carbocycles. The van der Waals surface area contributed by atoms with Crippen LogP contribution in [0.5, 0.6) is 11.5 Å². The van der Waals surface area contributed by atoms with E-state index in [-0.39, 0.29) is 19.2 Å². The minimum absolute atomic E-state index is 0.156. The molecule has 2 aliphatic heterocycles. The number of fused-ring (bicyclic) bond motifs is 2. The van der Waals surface area contributed by atoms with Crippen LogP contribution in [-0.4, -0.2) is 23.6 Å². The van der Waals surface area contributed by atoms with Crippen molar-refractivity contribution in [3.63, 3.8) is 0 Å². The predicted octanol–water partition coefficient (Wildman–Crippen LogP) is 3.54. The van der Waals surface area contributed by atoms with E-state index in [0.717, 1.165) is 16.3 Å². The maximum absolute atomic E-state index is 13.2. The summed E-state index contributed by atoms with van der Waals surface area (Å²) in [5.41, 5.74) is 0.440. The van der Waals surface area contributed by atoms with Crippen LogP contribution < -0.4 is 14.8 Å². The van der Waals surface area contributed by atoms with Gasteiger partial charge in [0.05, 0.1) is 6.54 Å². The quantitative estimate of drug-likeness (QED) is 0.712. The average molecular weight is 374 g/mol. The van der Waals surface area contributed by atoms with Gasteiger partial charge in [0.1, 0.15) is 5.54 Å². The Balaban J connectivity index is 1.49. The van der Waals surface area contributed by atoms with Crippen molar-refractivity contribution in [1.29, 1.82) is 0 Å². The summed E-state index contributed by atoms with van der Waals surface area (Å²) in [5, 5.41) is 4.95. The van der Waals surface area contributed by atoms with Crippen LogP contribution in [0.15, 0.2) is 60.7 Å². The van der Waals surface area contributed by atoms with Gasteiger partial charge in [-0.25, -0.2) is 4.79 Å². The monoisotopic (exact) mass is 374 g/mol. The zero-order valence-corrected chi connectivity index (χ0v) is 15.3. The van der Waals surface area contributed by atoms with Gasteiger partial charge in [0, 0.05) is 0 Å². The molecule has 2 heterocycles. The first-order valence-corrected chi connectivity index (χ1v) is 9.07. The number of hydrogen-bond acceptors (Lipinski definition) is 4. The second kappa shape index (κ2) is 5.99.